The van der Waals surface area contributed by atoms with Crippen molar-refractivity contribution in [3.05, 3.63) is 58.1 Å². The van der Waals surface area contributed by atoms with Crippen LogP contribution in [0.5, 0.6) is 0 Å². The Morgan fingerprint density at radius 1 is 1.05 bits per heavy atom. The molecular formula is C13H8Cl2FNO3S. The highest BCUT2D eigenvalue weighted by atomic mass is 35.5. The molecular weight excluding hydrogens is 340 g/mol. The lowest BCUT2D eigenvalue weighted by molar-refractivity contribution is 0.102. The van der Waals surface area contributed by atoms with Gasteiger partial charge in [0.25, 0.3) is 5.91 Å². The average molecular weight is 348 g/mol. The second-order valence-corrected chi connectivity index (χ2v) is 6.09. The van der Waals surface area contributed by atoms with E-state index in [2.05, 4.69) is 5.32 Å². The maximum atomic E-state index is 13.2. The first-order valence-electron chi connectivity index (χ1n) is 5.60. The molecule has 0 aromatic heterocycles. The van der Waals surface area contributed by atoms with Crippen LogP contribution < -0.4 is 5.32 Å². The molecule has 0 bridgehead atoms. The summed E-state index contributed by atoms with van der Waals surface area (Å²) in [6.45, 7) is 0. The number of amides is 1. The Kier molecular flexibility index (Phi) is 4.51. The Balaban J connectivity index is 2.40. The Labute approximate surface area is 130 Å². The fourth-order valence-electron chi connectivity index (χ4n) is 1.65. The van der Waals surface area contributed by atoms with Gasteiger partial charge in [0.2, 0.25) is 0 Å². The predicted molar refractivity (Wildman–Crippen MR) is 79.2 cm³/mol. The van der Waals surface area contributed by atoms with E-state index in [9.17, 15) is 17.1 Å². The van der Waals surface area contributed by atoms with Crippen LogP contribution in [0.25, 0.3) is 0 Å². The summed E-state index contributed by atoms with van der Waals surface area (Å²) in [6, 6.07) is 9.55. The molecule has 2 aromatic rings. The third-order valence-corrected chi connectivity index (χ3v) is 4.29. The smallest absolute Gasteiger partial charge is 0.321 e. The molecule has 2 rings (SSSR count). The Morgan fingerprint density at radius 2 is 1.71 bits per heavy atom. The number of rotatable bonds is 3. The van der Waals surface area contributed by atoms with Crippen LogP contribution in [0.4, 0.5) is 9.57 Å². The SMILES string of the molecule is O=C(Nc1ccccc1S(=O)(=O)F)c1cccc(Cl)c1Cl. The van der Waals surface area contributed by atoms with Crippen molar-refractivity contribution in [3.8, 4) is 0 Å². The highest BCUT2D eigenvalue weighted by Crippen LogP contribution is 2.28. The van der Waals surface area contributed by atoms with E-state index in [-0.39, 0.29) is 21.3 Å². The second-order valence-electron chi connectivity index (χ2n) is 3.99. The minimum absolute atomic E-state index is 0.0252. The van der Waals surface area contributed by atoms with Crippen molar-refractivity contribution in [2.75, 3.05) is 5.32 Å². The molecule has 21 heavy (non-hydrogen) atoms. The van der Waals surface area contributed by atoms with Gasteiger partial charge in [-0.1, -0.05) is 41.4 Å². The molecule has 0 aliphatic heterocycles. The fraction of sp³-hybridized carbons (Fsp3) is 0. The summed E-state index contributed by atoms with van der Waals surface area (Å²) in [4.78, 5) is 11.5. The van der Waals surface area contributed by atoms with Gasteiger partial charge < -0.3 is 5.32 Å². The lowest BCUT2D eigenvalue weighted by Crippen LogP contribution is -2.14. The van der Waals surface area contributed by atoms with Crippen molar-refractivity contribution in [1.82, 2.24) is 0 Å². The zero-order chi connectivity index (χ0) is 15.6. The van der Waals surface area contributed by atoms with Gasteiger partial charge in [-0.25, -0.2) is 0 Å². The number of carbonyl (C=O) groups excluding carboxylic acids is 1. The van der Waals surface area contributed by atoms with E-state index in [1.165, 1.54) is 36.4 Å². The molecule has 0 saturated carbocycles. The van der Waals surface area contributed by atoms with E-state index in [0.717, 1.165) is 6.07 Å². The van der Waals surface area contributed by atoms with Gasteiger partial charge in [0.15, 0.2) is 0 Å². The molecule has 0 radical (unpaired) electrons. The van der Waals surface area contributed by atoms with E-state index >= 15 is 0 Å². The lowest BCUT2D eigenvalue weighted by Gasteiger charge is -2.09. The van der Waals surface area contributed by atoms with E-state index in [4.69, 9.17) is 23.2 Å². The number of hydrogen-bond acceptors (Lipinski definition) is 3. The fourth-order valence-corrected chi connectivity index (χ4v) is 2.66. The van der Waals surface area contributed by atoms with E-state index in [0.29, 0.717) is 0 Å². The van der Waals surface area contributed by atoms with Gasteiger partial charge in [-0.2, -0.15) is 8.42 Å². The minimum Gasteiger partial charge on any atom is -0.321 e. The number of nitrogens with one attached hydrogen (secondary N) is 1. The number of para-hydroxylation sites is 1. The van der Waals surface area contributed by atoms with Crippen LogP contribution in [0.2, 0.25) is 10.0 Å². The Morgan fingerprint density at radius 3 is 2.38 bits per heavy atom. The highest BCUT2D eigenvalue weighted by Gasteiger charge is 2.20. The summed E-state index contributed by atoms with van der Waals surface area (Å²) in [7, 11) is -4.95. The molecule has 0 unspecified atom stereocenters. The molecule has 0 fully saturated rings. The van der Waals surface area contributed by atoms with Gasteiger partial charge in [-0.15, -0.1) is 3.89 Å². The van der Waals surface area contributed by atoms with Crippen molar-refractivity contribution >= 4 is 45.0 Å². The van der Waals surface area contributed by atoms with Gasteiger partial charge in [-0.3, -0.25) is 4.79 Å². The molecule has 0 spiro atoms. The van der Waals surface area contributed by atoms with Crippen LogP contribution in [0.3, 0.4) is 0 Å². The molecule has 0 saturated heterocycles. The molecule has 0 heterocycles. The molecule has 110 valence electrons. The zero-order valence-electron chi connectivity index (χ0n) is 10.3. The summed E-state index contributed by atoms with van der Waals surface area (Å²) in [5.74, 6) is -0.696. The number of carbonyl (C=O) groups is 1. The molecule has 1 N–H and O–H groups in total. The van der Waals surface area contributed by atoms with Crippen LogP contribution in [0.15, 0.2) is 47.4 Å². The summed E-state index contributed by atoms with van der Waals surface area (Å²) in [6.07, 6.45) is 0. The number of anilines is 1. The lowest BCUT2D eigenvalue weighted by atomic mass is 10.2. The van der Waals surface area contributed by atoms with E-state index in [1.807, 2.05) is 0 Å². The normalized spacial score (nSPS) is 11.2. The first-order valence-corrected chi connectivity index (χ1v) is 7.73. The van der Waals surface area contributed by atoms with Gasteiger partial charge >= 0.3 is 10.2 Å². The Bertz CT molecular complexity index is 809. The topological polar surface area (TPSA) is 63.2 Å². The van der Waals surface area contributed by atoms with E-state index < -0.39 is 21.0 Å². The molecule has 8 heteroatoms. The third kappa shape index (κ3) is 3.53. The summed E-state index contributed by atoms with van der Waals surface area (Å²) in [5.41, 5.74) is -0.128. The zero-order valence-corrected chi connectivity index (χ0v) is 12.6. The van der Waals surface area contributed by atoms with Crippen molar-refractivity contribution in [2.24, 2.45) is 0 Å². The van der Waals surface area contributed by atoms with Crippen LogP contribution >= 0.6 is 23.2 Å². The first-order chi connectivity index (χ1) is 9.80. The van der Waals surface area contributed by atoms with Gasteiger partial charge in [0.1, 0.15) is 4.90 Å². The van der Waals surface area contributed by atoms with Crippen LogP contribution in [-0.2, 0) is 10.2 Å². The average Bonchev–Trinajstić information content (AvgIpc) is 2.41. The molecule has 0 aliphatic rings. The molecule has 1 amide bonds. The van der Waals surface area contributed by atoms with Crippen molar-refractivity contribution in [2.45, 2.75) is 4.90 Å². The number of benzene rings is 2. The van der Waals surface area contributed by atoms with Crippen molar-refractivity contribution in [1.29, 1.82) is 0 Å². The van der Waals surface area contributed by atoms with Gasteiger partial charge in [0.05, 0.1) is 21.3 Å². The number of halogens is 3. The number of hydrogen-bond donors (Lipinski definition) is 1. The molecule has 4 nitrogen and oxygen atoms in total. The second kappa shape index (κ2) is 6.01. The van der Waals surface area contributed by atoms with Crippen LogP contribution in [-0.4, -0.2) is 14.3 Å². The summed E-state index contributed by atoms with van der Waals surface area (Å²) >= 11 is 11.7. The highest BCUT2D eigenvalue weighted by molar-refractivity contribution is 7.86. The van der Waals surface area contributed by atoms with Gasteiger partial charge in [0, 0.05) is 0 Å². The van der Waals surface area contributed by atoms with Crippen molar-refractivity contribution < 1.29 is 17.1 Å². The van der Waals surface area contributed by atoms with Gasteiger partial charge in [-0.05, 0) is 24.3 Å². The van der Waals surface area contributed by atoms with Crippen LogP contribution in [0.1, 0.15) is 10.4 Å². The van der Waals surface area contributed by atoms with E-state index in [1.54, 1.807) is 0 Å². The summed E-state index contributed by atoms with van der Waals surface area (Å²) < 4.78 is 35.2. The minimum atomic E-state index is -4.95. The van der Waals surface area contributed by atoms with Crippen molar-refractivity contribution in [3.63, 3.8) is 0 Å². The molecule has 0 atom stereocenters. The molecule has 2 aromatic carbocycles. The Hall–Kier alpha value is -1.63. The quantitative estimate of drug-likeness (QED) is 0.856. The van der Waals surface area contributed by atoms with Crippen LogP contribution in [0, 0.1) is 0 Å². The maximum absolute atomic E-state index is 13.2. The standard InChI is InChI=1S/C13H8Cl2FNO3S/c14-9-5-3-4-8(12(9)15)13(18)17-10-6-1-2-7-11(10)21(16,19)20/h1-7H,(H,17,18). The first kappa shape index (κ1) is 15.8. The summed E-state index contributed by atoms with van der Waals surface area (Å²) in [5, 5.41) is 2.50. The largest absolute Gasteiger partial charge is 0.334 e. The predicted octanol–water partition coefficient (Wildman–Crippen LogP) is 3.90. The molecule has 0 aliphatic carbocycles. The maximum Gasteiger partial charge on any atom is 0.334 e. The monoisotopic (exact) mass is 347 g/mol. The third-order valence-electron chi connectivity index (χ3n) is 2.59.